The number of para-hydroxylation sites is 1. The second kappa shape index (κ2) is 9.87. The molecule has 0 aromatic heterocycles. The average Bonchev–Trinajstić information content (AvgIpc) is 2.99. The highest BCUT2D eigenvalue weighted by Gasteiger charge is 2.42. The predicted molar refractivity (Wildman–Crippen MR) is 108 cm³/mol. The normalized spacial score (nSPS) is 18.2. The van der Waals surface area contributed by atoms with E-state index in [-0.39, 0.29) is 18.4 Å². The van der Waals surface area contributed by atoms with E-state index in [1.54, 1.807) is 20.3 Å². The fourth-order valence-electron chi connectivity index (χ4n) is 3.86. The van der Waals surface area contributed by atoms with Gasteiger partial charge in [0.05, 0.1) is 19.3 Å². The number of hydrogen-bond donors (Lipinski definition) is 1. The number of benzene rings is 1. The second-order valence-corrected chi connectivity index (χ2v) is 7.08. The molecule has 2 heterocycles. The molecule has 2 aliphatic heterocycles. The van der Waals surface area contributed by atoms with Gasteiger partial charge in [0.1, 0.15) is 11.4 Å². The number of hydrogen-bond acceptors (Lipinski definition) is 7. The lowest BCUT2D eigenvalue weighted by Crippen LogP contribution is -2.48. The summed E-state index contributed by atoms with van der Waals surface area (Å²) in [4.78, 5) is 32.0. The van der Waals surface area contributed by atoms with E-state index in [1.165, 1.54) is 4.90 Å². The van der Waals surface area contributed by atoms with Gasteiger partial charge in [0, 0.05) is 58.5 Å². The van der Waals surface area contributed by atoms with Crippen LogP contribution in [-0.2, 0) is 14.3 Å². The molecule has 0 aliphatic carbocycles. The van der Waals surface area contributed by atoms with Crippen molar-refractivity contribution in [1.82, 2.24) is 14.7 Å². The number of ether oxygens (including phenoxy) is 2. The van der Waals surface area contributed by atoms with Crippen LogP contribution in [0, 0.1) is 0 Å². The molecule has 8 heteroatoms. The molecule has 1 aromatic carbocycles. The third-order valence-corrected chi connectivity index (χ3v) is 5.35. The van der Waals surface area contributed by atoms with Crippen molar-refractivity contribution in [2.45, 2.75) is 6.42 Å². The van der Waals surface area contributed by atoms with E-state index in [1.807, 2.05) is 23.1 Å². The van der Waals surface area contributed by atoms with Crippen molar-refractivity contribution < 1.29 is 24.2 Å². The van der Waals surface area contributed by atoms with Gasteiger partial charge in [-0.2, -0.15) is 0 Å². The van der Waals surface area contributed by atoms with E-state index >= 15 is 0 Å². The van der Waals surface area contributed by atoms with Crippen molar-refractivity contribution in [3.8, 4) is 5.75 Å². The van der Waals surface area contributed by atoms with E-state index < -0.39 is 0 Å². The van der Waals surface area contributed by atoms with Crippen LogP contribution < -0.4 is 4.74 Å². The van der Waals surface area contributed by atoms with Gasteiger partial charge in [0.25, 0.3) is 11.8 Å². The van der Waals surface area contributed by atoms with Gasteiger partial charge in [-0.05, 0) is 12.5 Å². The van der Waals surface area contributed by atoms with Crippen LogP contribution in [0.4, 0.5) is 0 Å². The number of carbonyl (C=O) groups is 2. The Labute approximate surface area is 171 Å². The molecule has 0 spiro atoms. The zero-order valence-electron chi connectivity index (χ0n) is 17.1. The summed E-state index contributed by atoms with van der Waals surface area (Å²) >= 11 is 0. The lowest BCUT2D eigenvalue weighted by atomic mass is 10.0. The van der Waals surface area contributed by atoms with E-state index in [2.05, 4.69) is 4.90 Å². The smallest absolute Gasteiger partial charge is 0.277 e. The van der Waals surface area contributed by atoms with Crippen LogP contribution in [0.2, 0.25) is 0 Å². The Morgan fingerprint density at radius 1 is 1.00 bits per heavy atom. The third-order valence-electron chi connectivity index (χ3n) is 5.35. The molecule has 0 radical (unpaired) electrons. The Morgan fingerprint density at radius 3 is 2.38 bits per heavy atom. The monoisotopic (exact) mass is 403 g/mol. The van der Waals surface area contributed by atoms with Gasteiger partial charge in [-0.15, -0.1) is 0 Å². The number of methoxy groups -OCH3 is 2. The number of aliphatic hydroxyl groups is 1. The number of β-amino-alcohol motifs (C(OH)–C–C–N with tert-alkyl or cyclic N) is 1. The highest BCUT2D eigenvalue weighted by Crippen LogP contribution is 2.36. The number of nitrogens with zero attached hydrogens (tertiary/aromatic N) is 3. The van der Waals surface area contributed by atoms with Crippen LogP contribution in [0.15, 0.2) is 30.0 Å². The standard InChI is InChI=1S/C21H29N3O5/c1-28-15-5-8-24-20(26)18(16-6-3-4-7-17(16)29-2)19(21(24)27)23-11-9-22(10-12-23)13-14-25/h3-4,6-7,25H,5,8-15H2,1-2H3. The van der Waals surface area contributed by atoms with Crippen LogP contribution in [-0.4, -0.2) is 98.3 Å². The zero-order chi connectivity index (χ0) is 20.8. The zero-order valence-corrected chi connectivity index (χ0v) is 17.1. The van der Waals surface area contributed by atoms with Crippen molar-refractivity contribution in [3.05, 3.63) is 35.5 Å². The topological polar surface area (TPSA) is 82.6 Å². The molecule has 2 aliphatic rings. The molecule has 0 unspecified atom stereocenters. The molecule has 158 valence electrons. The van der Waals surface area contributed by atoms with Gasteiger partial charge in [-0.1, -0.05) is 18.2 Å². The quantitative estimate of drug-likeness (QED) is 0.473. The fraction of sp³-hybridized carbons (Fsp3) is 0.524. The summed E-state index contributed by atoms with van der Waals surface area (Å²) in [6.07, 6.45) is 0.588. The molecule has 2 amide bonds. The van der Waals surface area contributed by atoms with Gasteiger partial charge in [0.2, 0.25) is 0 Å². The maximum absolute atomic E-state index is 13.3. The first-order chi connectivity index (χ1) is 14.1. The summed E-state index contributed by atoms with van der Waals surface area (Å²) in [5, 5.41) is 9.16. The minimum absolute atomic E-state index is 0.111. The highest BCUT2D eigenvalue weighted by atomic mass is 16.5. The molecule has 3 rings (SSSR count). The number of piperazine rings is 1. The van der Waals surface area contributed by atoms with Crippen molar-refractivity contribution in [2.75, 3.05) is 66.7 Å². The SMILES string of the molecule is COCCCN1C(=O)C(c2ccccc2OC)=C(N2CCN(CCO)CC2)C1=O. The molecule has 1 aromatic rings. The van der Waals surface area contributed by atoms with Gasteiger partial charge in [0.15, 0.2) is 0 Å². The molecule has 29 heavy (non-hydrogen) atoms. The van der Waals surface area contributed by atoms with Crippen LogP contribution in [0.5, 0.6) is 5.75 Å². The lowest BCUT2D eigenvalue weighted by Gasteiger charge is -2.36. The minimum atomic E-state index is -0.289. The summed E-state index contributed by atoms with van der Waals surface area (Å²) in [7, 11) is 3.16. The summed E-state index contributed by atoms with van der Waals surface area (Å²) < 4.78 is 10.5. The number of imide groups is 1. The summed E-state index contributed by atoms with van der Waals surface area (Å²) in [6.45, 7) is 4.23. The number of carbonyl (C=O) groups excluding carboxylic acids is 2. The van der Waals surface area contributed by atoms with Gasteiger partial charge in [-0.3, -0.25) is 19.4 Å². The Morgan fingerprint density at radius 2 is 1.72 bits per heavy atom. The Hall–Kier alpha value is -2.42. The summed E-state index contributed by atoms with van der Waals surface area (Å²) in [5.74, 6) is 0.0183. The maximum atomic E-state index is 13.3. The van der Waals surface area contributed by atoms with Crippen molar-refractivity contribution in [3.63, 3.8) is 0 Å². The van der Waals surface area contributed by atoms with Crippen molar-refractivity contribution in [2.24, 2.45) is 0 Å². The van der Waals surface area contributed by atoms with Crippen molar-refractivity contribution >= 4 is 17.4 Å². The maximum Gasteiger partial charge on any atom is 0.277 e. The van der Waals surface area contributed by atoms with Gasteiger partial charge >= 0.3 is 0 Å². The first kappa shape index (κ1) is 21.3. The predicted octanol–water partition coefficient (Wildman–Crippen LogP) is 0.422. The number of amides is 2. The number of rotatable bonds is 9. The molecule has 0 saturated carbocycles. The van der Waals surface area contributed by atoms with E-state index in [9.17, 15) is 9.59 Å². The molecule has 1 fully saturated rings. The number of aliphatic hydroxyl groups excluding tert-OH is 1. The Balaban J connectivity index is 1.95. The second-order valence-electron chi connectivity index (χ2n) is 7.08. The molecule has 1 saturated heterocycles. The van der Waals surface area contributed by atoms with Crippen LogP contribution in [0.25, 0.3) is 5.57 Å². The average molecular weight is 403 g/mol. The fourth-order valence-corrected chi connectivity index (χ4v) is 3.86. The first-order valence-corrected chi connectivity index (χ1v) is 9.93. The van der Waals surface area contributed by atoms with Crippen molar-refractivity contribution in [1.29, 1.82) is 0 Å². The van der Waals surface area contributed by atoms with E-state index in [0.717, 1.165) is 13.1 Å². The van der Waals surface area contributed by atoms with E-state index in [4.69, 9.17) is 14.6 Å². The summed E-state index contributed by atoms with van der Waals surface area (Å²) in [5.41, 5.74) is 1.48. The molecule has 8 nitrogen and oxygen atoms in total. The molecular formula is C21H29N3O5. The van der Waals surface area contributed by atoms with Gasteiger partial charge in [-0.25, -0.2) is 0 Å². The van der Waals surface area contributed by atoms with Crippen LogP contribution in [0.3, 0.4) is 0 Å². The van der Waals surface area contributed by atoms with Gasteiger partial charge < -0.3 is 19.5 Å². The van der Waals surface area contributed by atoms with Crippen LogP contribution in [0.1, 0.15) is 12.0 Å². The Kier molecular flexibility index (Phi) is 7.24. The molecule has 1 N–H and O–H groups in total. The summed E-state index contributed by atoms with van der Waals surface area (Å²) in [6, 6.07) is 7.30. The van der Waals surface area contributed by atoms with Crippen LogP contribution >= 0.6 is 0 Å². The largest absolute Gasteiger partial charge is 0.496 e. The minimum Gasteiger partial charge on any atom is -0.496 e. The first-order valence-electron chi connectivity index (χ1n) is 9.93. The third kappa shape index (κ3) is 4.44. The highest BCUT2D eigenvalue weighted by molar-refractivity contribution is 6.36. The lowest BCUT2D eigenvalue weighted by molar-refractivity contribution is -0.137. The molecular weight excluding hydrogens is 374 g/mol. The Bertz CT molecular complexity index is 771. The molecule has 0 atom stereocenters. The van der Waals surface area contributed by atoms with E-state index in [0.29, 0.717) is 61.8 Å². The molecule has 0 bridgehead atoms.